The summed E-state index contributed by atoms with van der Waals surface area (Å²) in [6.07, 6.45) is 0.647. The van der Waals surface area contributed by atoms with Gasteiger partial charge in [-0.15, -0.1) is 0 Å². The number of thioether (sulfide) groups is 1. The van der Waals surface area contributed by atoms with Crippen LogP contribution >= 0.6 is 11.8 Å². The van der Waals surface area contributed by atoms with E-state index in [2.05, 4.69) is 27.1 Å². The van der Waals surface area contributed by atoms with E-state index in [0.29, 0.717) is 17.0 Å². The highest BCUT2D eigenvalue weighted by Crippen LogP contribution is 2.23. The molecule has 0 unspecified atom stereocenters. The summed E-state index contributed by atoms with van der Waals surface area (Å²) < 4.78 is 1.68. The third kappa shape index (κ3) is 3.61. The van der Waals surface area contributed by atoms with Crippen LogP contribution in [0, 0.1) is 0 Å². The van der Waals surface area contributed by atoms with Gasteiger partial charge < -0.3 is 20.9 Å². The molecule has 0 bridgehead atoms. The Bertz CT molecular complexity index is 793. The SMILES string of the molecule is Nc1nc[n+](C[C@@H](O)CO)c2nc(SCc3ccccc3)[nH]c12. The second-order valence-electron chi connectivity index (χ2n) is 5.13. The summed E-state index contributed by atoms with van der Waals surface area (Å²) in [5.74, 6) is 1.14. The van der Waals surface area contributed by atoms with Crippen LogP contribution < -0.4 is 10.3 Å². The first-order valence-electron chi connectivity index (χ1n) is 7.16. The molecular formula is C15H18N5O2S+. The lowest BCUT2D eigenvalue weighted by Gasteiger charge is -2.05. The van der Waals surface area contributed by atoms with Crippen LogP contribution in [0.5, 0.6) is 0 Å². The summed E-state index contributed by atoms with van der Waals surface area (Å²) in [4.78, 5) is 11.8. The average Bonchev–Trinajstić information content (AvgIpc) is 3.02. The van der Waals surface area contributed by atoms with Crippen molar-refractivity contribution in [2.75, 3.05) is 12.3 Å². The summed E-state index contributed by atoms with van der Waals surface area (Å²) >= 11 is 1.57. The Balaban J connectivity index is 1.85. The van der Waals surface area contributed by atoms with E-state index >= 15 is 0 Å². The molecule has 3 rings (SSSR count). The van der Waals surface area contributed by atoms with E-state index in [-0.39, 0.29) is 13.2 Å². The number of nitrogens with zero attached hydrogens (tertiary/aromatic N) is 3. The highest BCUT2D eigenvalue weighted by Gasteiger charge is 2.20. The van der Waals surface area contributed by atoms with Crippen LogP contribution in [0.25, 0.3) is 11.2 Å². The number of aliphatic hydroxyl groups excluding tert-OH is 2. The summed E-state index contributed by atoms with van der Waals surface area (Å²) in [6, 6.07) is 10.1. The first-order chi connectivity index (χ1) is 11.2. The Labute approximate surface area is 137 Å². The summed E-state index contributed by atoms with van der Waals surface area (Å²) in [6.45, 7) is -0.118. The smallest absolute Gasteiger partial charge is 0.294 e. The van der Waals surface area contributed by atoms with Gasteiger partial charge in [0.25, 0.3) is 5.65 Å². The lowest BCUT2D eigenvalue weighted by Crippen LogP contribution is -2.42. The first kappa shape index (κ1) is 15.7. The second-order valence-corrected chi connectivity index (χ2v) is 6.10. The minimum atomic E-state index is -0.870. The maximum Gasteiger partial charge on any atom is 0.294 e. The molecule has 0 saturated carbocycles. The number of aliphatic hydroxyl groups is 2. The van der Waals surface area contributed by atoms with E-state index in [1.54, 1.807) is 16.3 Å². The molecule has 23 heavy (non-hydrogen) atoms. The van der Waals surface area contributed by atoms with Crippen molar-refractivity contribution in [2.24, 2.45) is 0 Å². The zero-order chi connectivity index (χ0) is 16.2. The fraction of sp³-hybridized carbons (Fsp3) is 0.267. The fourth-order valence-corrected chi connectivity index (χ4v) is 3.01. The van der Waals surface area contributed by atoms with E-state index in [1.165, 1.54) is 11.9 Å². The average molecular weight is 332 g/mol. The first-order valence-corrected chi connectivity index (χ1v) is 8.15. The van der Waals surface area contributed by atoms with Gasteiger partial charge in [0.15, 0.2) is 5.52 Å². The molecule has 2 aromatic heterocycles. The van der Waals surface area contributed by atoms with Gasteiger partial charge in [0.2, 0.25) is 17.3 Å². The van der Waals surface area contributed by atoms with Crippen molar-refractivity contribution in [1.29, 1.82) is 0 Å². The number of aromatic amines is 1. The molecule has 1 atom stereocenters. The number of benzene rings is 1. The largest absolute Gasteiger partial charge is 0.394 e. The molecule has 3 aromatic rings. The molecule has 0 amide bonds. The van der Waals surface area contributed by atoms with Crippen LogP contribution in [0.15, 0.2) is 41.8 Å². The highest BCUT2D eigenvalue weighted by atomic mass is 32.2. The number of fused-ring (bicyclic) bond motifs is 1. The van der Waals surface area contributed by atoms with Gasteiger partial charge in [0.1, 0.15) is 6.10 Å². The van der Waals surface area contributed by atoms with Gasteiger partial charge in [-0.05, 0) is 5.56 Å². The van der Waals surface area contributed by atoms with E-state index < -0.39 is 6.10 Å². The predicted octanol–water partition coefficient (Wildman–Crippen LogP) is 0.473. The lowest BCUT2D eigenvalue weighted by molar-refractivity contribution is -0.683. The van der Waals surface area contributed by atoms with Gasteiger partial charge in [-0.25, -0.2) is 4.57 Å². The Morgan fingerprint density at radius 2 is 2.09 bits per heavy atom. The molecule has 7 nitrogen and oxygen atoms in total. The fourth-order valence-electron chi connectivity index (χ4n) is 2.19. The Morgan fingerprint density at radius 1 is 1.30 bits per heavy atom. The van der Waals surface area contributed by atoms with E-state index in [0.717, 1.165) is 10.9 Å². The number of hydrogen-bond acceptors (Lipinski definition) is 6. The molecule has 0 fully saturated rings. The summed E-state index contributed by atoms with van der Waals surface area (Å²) in [5.41, 5.74) is 8.34. The number of aromatic nitrogens is 4. The minimum absolute atomic E-state index is 0.202. The molecule has 1 aromatic carbocycles. The van der Waals surface area contributed by atoms with Crippen LogP contribution in [0.3, 0.4) is 0 Å². The van der Waals surface area contributed by atoms with Crippen LogP contribution in [0.2, 0.25) is 0 Å². The Hall–Kier alpha value is -2.16. The van der Waals surface area contributed by atoms with Gasteiger partial charge in [0.05, 0.1) is 13.2 Å². The molecular weight excluding hydrogens is 314 g/mol. The highest BCUT2D eigenvalue weighted by molar-refractivity contribution is 7.98. The van der Waals surface area contributed by atoms with E-state index in [4.69, 9.17) is 10.8 Å². The maximum absolute atomic E-state index is 9.63. The molecule has 0 saturated heterocycles. The zero-order valence-corrected chi connectivity index (χ0v) is 13.2. The lowest BCUT2D eigenvalue weighted by atomic mass is 10.2. The summed E-state index contributed by atoms with van der Waals surface area (Å²) in [7, 11) is 0. The molecule has 2 heterocycles. The number of rotatable bonds is 6. The van der Waals surface area contributed by atoms with Crippen LogP contribution in [-0.2, 0) is 12.3 Å². The van der Waals surface area contributed by atoms with Gasteiger partial charge in [-0.3, -0.25) is 0 Å². The molecule has 0 aliphatic rings. The van der Waals surface area contributed by atoms with Gasteiger partial charge >= 0.3 is 0 Å². The van der Waals surface area contributed by atoms with Crippen molar-refractivity contribution in [1.82, 2.24) is 15.0 Å². The summed E-state index contributed by atoms with van der Waals surface area (Å²) in [5, 5.41) is 19.4. The van der Waals surface area contributed by atoms with Crippen molar-refractivity contribution in [3.63, 3.8) is 0 Å². The third-order valence-electron chi connectivity index (χ3n) is 3.36. The maximum atomic E-state index is 9.63. The molecule has 120 valence electrons. The standard InChI is InChI=1S/C15H17N5O2S/c16-13-12-14(20(9-17-13)6-11(22)7-21)19-15(18-12)23-8-10-4-2-1-3-5-10/h1-5,9,11,21-22H,6-8H2,(H2,16,18,19)/p+1/t11-/m1/s1. The molecule has 0 radical (unpaired) electrons. The van der Waals surface area contributed by atoms with Crippen LogP contribution in [0.1, 0.15) is 5.56 Å². The molecule has 0 spiro atoms. The van der Waals surface area contributed by atoms with Gasteiger partial charge in [0, 0.05) is 5.75 Å². The number of nitrogens with one attached hydrogen (secondary N) is 1. The van der Waals surface area contributed by atoms with Gasteiger partial charge in [-0.2, -0.15) is 0 Å². The topological polar surface area (TPSA) is 112 Å². The van der Waals surface area contributed by atoms with Gasteiger partial charge in [-0.1, -0.05) is 52.1 Å². The van der Waals surface area contributed by atoms with Crippen molar-refractivity contribution in [3.8, 4) is 0 Å². The number of imidazole rings is 1. The number of nitrogens with two attached hydrogens (primary N) is 1. The predicted molar refractivity (Wildman–Crippen MR) is 87.6 cm³/mol. The third-order valence-corrected chi connectivity index (χ3v) is 4.31. The number of nitrogen functional groups attached to an aromatic ring is 1. The quantitative estimate of drug-likeness (QED) is 0.386. The Morgan fingerprint density at radius 3 is 2.83 bits per heavy atom. The van der Waals surface area contributed by atoms with Crippen LogP contribution in [-0.4, -0.2) is 37.9 Å². The van der Waals surface area contributed by atoms with Crippen LogP contribution in [0.4, 0.5) is 5.82 Å². The van der Waals surface area contributed by atoms with E-state index in [1.807, 2.05) is 18.2 Å². The molecule has 0 aliphatic carbocycles. The van der Waals surface area contributed by atoms with Crippen molar-refractivity contribution in [2.45, 2.75) is 23.6 Å². The molecule has 5 N–H and O–H groups in total. The number of anilines is 1. The Kier molecular flexibility index (Phi) is 4.75. The number of H-pyrrole nitrogens is 1. The van der Waals surface area contributed by atoms with Crippen molar-refractivity contribution in [3.05, 3.63) is 42.2 Å². The van der Waals surface area contributed by atoms with Crippen molar-refractivity contribution >= 4 is 28.7 Å². The molecule has 8 heteroatoms. The monoisotopic (exact) mass is 332 g/mol. The van der Waals surface area contributed by atoms with E-state index in [9.17, 15) is 5.11 Å². The number of hydrogen-bond donors (Lipinski definition) is 4. The second kappa shape index (κ2) is 6.95. The minimum Gasteiger partial charge on any atom is -0.394 e. The molecule has 0 aliphatic heterocycles. The normalized spacial score (nSPS) is 12.6. The van der Waals surface area contributed by atoms with Crippen molar-refractivity contribution < 1.29 is 14.8 Å². The zero-order valence-electron chi connectivity index (χ0n) is 12.4.